The molecule has 19 heavy (non-hydrogen) atoms. The van der Waals surface area contributed by atoms with E-state index < -0.39 is 0 Å². The average Bonchev–Trinajstić information content (AvgIpc) is 2.67. The largest absolute Gasteiger partial charge is 0.342 e. The molecule has 0 aromatic carbocycles. The van der Waals surface area contributed by atoms with Gasteiger partial charge in [0.1, 0.15) is 0 Å². The lowest BCUT2D eigenvalue weighted by Crippen LogP contribution is -2.31. The summed E-state index contributed by atoms with van der Waals surface area (Å²) in [7, 11) is 2.00. The van der Waals surface area contributed by atoms with Gasteiger partial charge in [0, 0.05) is 19.5 Å². The summed E-state index contributed by atoms with van der Waals surface area (Å²) < 4.78 is 0. The molecule has 4 heteroatoms. The molecule has 0 bridgehead atoms. The SMILES string of the molecule is CNCC1CCN(C(=O)CC2CCCCCC2)C1.Cl. The Labute approximate surface area is 123 Å². The van der Waals surface area contributed by atoms with Crippen molar-refractivity contribution in [2.45, 2.75) is 51.4 Å². The maximum Gasteiger partial charge on any atom is 0.222 e. The van der Waals surface area contributed by atoms with Gasteiger partial charge in [-0.15, -0.1) is 12.4 Å². The van der Waals surface area contributed by atoms with Gasteiger partial charge in [-0.25, -0.2) is 0 Å². The van der Waals surface area contributed by atoms with E-state index in [-0.39, 0.29) is 12.4 Å². The first-order chi connectivity index (χ1) is 8.79. The maximum absolute atomic E-state index is 12.3. The van der Waals surface area contributed by atoms with E-state index in [1.165, 1.54) is 44.9 Å². The Kier molecular flexibility index (Phi) is 7.77. The third-order valence-electron chi connectivity index (χ3n) is 4.57. The van der Waals surface area contributed by atoms with Crippen molar-refractivity contribution in [1.82, 2.24) is 10.2 Å². The Balaban J connectivity index is 0.00000180. The van der Waals surface area contributed by atoms with Gasteiger partial charge in [0.15, 0.2) is 0 Å². The Morgan fingerprint density at radius 1 is 1.11 bits per heavy atom. The maximum atomic E-state index is 12.3. The van der Waals surface area contributed by atoms with Crippen LogP contribution in [0.3, 0.4) is 0 Å². The van der Waals surface area contributed by atoms with Crippen LogP contribution >= 0.6 is 12.4 Å². The molecule has 1 aliphatic heterocycles. The van der Waals surface area contributed by atoms with Gasteiger partial charge in [-0.2, -0.15) is 0 Å². The lowest BCUT2D eigenvalue weighted by atomic mass is 9.96. The summed E-state index contributed by atoms with van der Waals surface area (Å²) in [4.78, 5) is 14.4. The van der Waals surface area contributed by atoms with Gasteiger partial charge in [-0.05, 0) is 44.7 Å². The van der Waals surface area contributed by atoms with Crippen molar-refractivity contribution in [3.05, 3.63) is 0 Å². The van der Waals surface area contributed by atoms with E-state index in [1.807, 2.05) is 7.05 Å². The van der Waals surface area contributed by atoms with Crippen LogP contribution in [0, 0.1) is 11.8 Å². The fourth-order valence-electron chi connectivity index (χ4n) is 3.46. The van der Waals surface area contributed by atoms with Crippen molar-refractivity contribution in [3.8, 4) is 0 Å². The number of halogens is 1. The molecule has 0 spiro atoms. The van der Waals surface area contributed by atoms with Crippen LogP contribution < -0.4 is 5.32 Å². The molecular weight excluding hydrogens is 260 g/mol. The fraction of sp³-hybridized carbons (Fsp3) is 0.933. The van der Waals surface area contributed by atoms with Gasteiger partial charge in [0.25, 0.3) is 0 Å². The minimum Gasteiger partial charge on any atom is -0.342 e. The summed E-state index contributed by atoms with van der Waals surface area (Å²) in [5.74, 6) is 1.76. The third-order valence-corrected chi connectivity index (χ3v) is 4.57. The molecule has 1 saturated carbocycles. The number of hydrogen-bond donors (Lipinski definition) is 1. The van der Waals surface area contributed by atoms with Crippen LogP contribution in [0.15, 0.2) is 0 Å². The van der Waals surface area contributed by atoms with Crippen LogP contribution in [0.25, 0.3) is 0 Å². The lowest BCUT2D eigenvalue weighted by Gasteiger charge is -2.20. The number of carbonyl (C=O) groups excluding carboxylic acids is 1. The highest BCUT2D eigenvalue weighted by Crippen LogP contribution is 2.27. The van der Waals surface area contributed by atoms with E-state index in [0.29, 0.717) is 17.7 Å². The number of amides is 1. The van der Waals surface area contributed by atoms with Gasteiger partial charge < -0.3 is 10.2 Å². The minimum absolute atomic E-state index is 0. The van der Waals surface area contributed by atoms with Crippen molar-refractivity contribution < 1.29 is 4.79 Å². The zero-order chi connectivity index (χ0) is 12.8. The van der Waals surface area contributed by atoms with Gasteiger partial charge in [-0.3, -0.25) is 4.79 Å². The Bertz CT molecular complexity index is 265. The molecule has 1 heterocycles. The van der Waals surface area contributed by atoms with Crippen LogP contribution in [-0.4, -0.2) is 37.5 Å². The Morgan fingerprint density at radius 2 is 1.79 bits per heavy atom. The lowest BCUT2D eigenvalue weighted by molar-refractivity contribution is -0.131. The summed E-state index contributed by atoms with van der Waals surface area (Å²) in [6.07, 6.45) is 9.96. The van der Waals surface area contributed by atoms with Crippen molar-refractivity contribution in [3.63, 3.8) is 0 Å². The quantitative estimate of drug-likeness (QED) is 0.807. The molecule has 0 aromatic rings. The number of hydrogen-bond acceptors (Lipinski definition) is 2. The van der Waals surface area contributed by atoms with Crippen LogP contribution in [0.2, 0.25) is 0 Å². The molecule has 1 atom stereocenters. The summed E-state index contributed by atoms with van der Waals surface area (Å²) in [5, 5.41) is 3.22. The van der Waals surface area contributed by atoms with Gasteiger partial charge in [0.05, 0.1) is 0 Å². The second-order valence-corrected chi connectivity index (χ2v) is 6.11. The van der Waals surface area contributed by atoms with Crippen LogP contribution in [0.4, 0.5) is 0 Å². The minimum atomic E-state index is 0. The first-order valence-corrected chi connectivity index (χ1v) is 7.72. The van der Waals surface area contributed by atoms with E-state index in [0.717, 1.165) is 26.1 Å². The predicted molar refractivity (Wildman–Crippen MR) is 81.7 cm³/mol. The highest BCUT2D eigenvalue weighted by Gasteiger charge is 2.27. The van der Waals surface area contributed by atoms with E-state index >= 15 is 0 Å². The molecule has 112 valence electrons. The van der Waals surface area contributed by atoms with Crippen molar-refractivity contribution in [2.75, 3.05) is 26.7 Å². The highest BCUT2D eigenvalue weighted by molar-refractivity contribution is 5.85. The Hall–Kier alpha value is -0.280. The monoisotopic (exact) mass is 288 g/mol. The van der Waals surface area contributed by atoms with Gasteiger partial charge in [0.2, 0.25) is 5.91 Å². The highest BCUT2D eigenvalue weighted by atomic mass is 35.5. The molecule has 1 aliphatic carbocycles. The molecule has 1 unspecified atom stereocenters. The summed E-state index contributed by atoms with van der Waals surface area (Å²) in [5.41, 5.74) is 0. The molecule has 2 rings (SSSR count). The normalized spacial score (nSPS) is 24.9. The molecule has 1 saturated heterocycles. The average molecular weight is 289 g/mol. The molecule has 0 aromatic heterocycles. The first kappa shape index (κ1) is 16.8. The van der Waals surface area contributed by atoms with Crippen LogP contribution in [-0.2, 0) is 4.79 Å². The number of nitrogens with zero attached hydrogens (tertiary/aromatic N) is 1. The molecule has 1 amide bonds. The number of rotatable bonds is 4. The Morgan fingerprint density at radius 3 is 2.42 bits per heavy atom. The molecule has 2 fully saturated rings. The van der Waals surface area contributed by atoms with E-state index in [9.17, 15) is 4.79 Å². The van der Waals surface area contributed by atoms with E-state index in [1.54, 1.807) is 0 Å². The second-order valence-electron chi connectivity index (χ2n) is 6.11. The van der Waals surface area contributed by atoms with Crippen molar-refractivity contribution in [2.24, 2.45) is 11.8 Å². The topological polar surface area (TPSA) is 32.3 Å². The van der Waals surface area contributed by atoms with Crippen molar-refractivity contribution in [1.29, 1.82) is 0 Å². The van der Waals surface area contributed by atoms with Crippen LogP contribution in [0.5, 0.6) is 0 Å². The molecule has 1 N–H and O–H groups in total. The van der Waals surface area contributed by atoms with Gasteiger partial charge >= 0.3 is 0 Å². The third kappa shape index (κ3) is 5.31. The molecule has 2 aliphatic rings. The summed E-state index contributed by atoms with van der Waals surface area (Å²) >= 11 is 0. The zero-order valence-electron chi connectivity index (χ0n) is 12.2. The van der Waals surface area contributed by atoms with Crippen molar-refractivity contribution >= 4 is 18.3 Å². The first-order valence-electron chi connectivity index (χ1n) is 7.72. The molecule has 3 nitrogen and oxygen atoms in total. The second kappa shape index (κ2) is 8.80. The van der Waals surface area contributed by atoms with Crippen LogP contribution in [0.1, 0.15) is 51.4 Å². The molecule has 0 radical (unpaired) electrons. The zero-order valence-corrected chi connectivity index (χ0v) is 13.0. The van der Waals surface area contributed by atoms with Gasteiger partial charge in [-0.1, -0.05) is 25.7 Å². The standard InChI is InChI=1S/C15H28N2O.ClH/c1-16-11-14-8-9-17(12-14)15(18)10-13-6-4-2-3-5-7-13;/h13-14,16H,2-12H2,1H3;1H. The fourth-order valence-corrected chi connectivity index (χ4v) is 3.46. The van der Waals surface area contributed by atoms with E-state index in [2.05, 4.69) is 10.2 Å². The number of carbonyl (C=O) groups is 1. The number of likely N-dealkylation sites (tertiary alicyclic amines) is 1. The smallest absolute Gasteiger partial charge is 0.222 e. The predicted octanol–water partition coefficient (Wildman–Crippen LogP) is 2.84. The van der Waals surface area contributed by atoms with E-state index in [4.69, 9.17) is 0 Å². The summed E-state index contributed by atoms with van der Waals surface area (Å²) in [6, 6.07) is 0. The molecular formula is C15H29ClN2O. The summed E-state index contributed by atoms with van der Waals surface area (Å²) in [6.45, 7) is 3.01. The number of nitrogens with one attached hydrogen (secondary N) is 1.